The van der Waals surface area contributed by atoms with Gasteiger partial charge in [-0.3, -0.25) is 4.98 Å². The lowest BCUT2D eigenvalue weighted by atomic mass is 10.2. The second-order valence-corrected chi connectivity index (χ2v) is 6.74. The van der Waals surface area contributed by atoms with E-state index in [0.717, 1.165) is 18.7 Å². The maximum absolute atomic E-state index is 12.4. The van der Waals surface area contributed by atoms with Gasteiger partial charge in [0, 0.05) is 31.8 Å². The molecule has 0 aromatic carbocycles. The lowest BCUT2D eigenvalue weighted by Gasteiger charge is -2.18. The predicted molar refractivity (Wildman–Crippen MR) is 73.2 cm³/mol. The first-order valence-corrected chi connectivity index (χ1v) is 7.96. The molecule has 0 radical (unpaired) electrons. The number of imidazole rings is 1. The predicted octanol–water partition coefficient (Wildman–Crippen LogP) is 1.24. The van der Waals surface area contributed by atoms with E-state index in [4.69, 9.17) is 0 Å². The van der Waals surface area contributed by atoms with Crippen molar-refractivity contribution >= 4 is 10.0 Å². The van der Waals surface area contributed by atoms with E-state index in [1.165, 1.54) is 12.3 Å². The molecule has 0 unspecified atom stereocenters. The number of pyridine rings is 1. The zero-order valence-corrected chi connectivity index (χ0v) is 11.9. The number of nitrogens with one attached hydrogen (secondary N) is 1. The molecule has 3 rings (SSSR count). The van der Waals surface area contributed by atoms with Crippen LogP contribution in [0.3, 0.4) is 0 Å². The minimum Gasteiger partial charge on any atom is -0.337 e. The Morgan fingerprint density at radius 1 is 1.40 bits per heavy atom. The summed E-state index contributed by atoms with van der Waals surface area (Å²) in [7, 11) is -1.70. The minimum absolute atomic E-state index is 0.180. The highest BCUT2D eigenvalue weighted by molar-refractivity contribution is 7.89. The summed E-state index contributed by atoms with van der Waals surface area (Å²) in [5.41, 5.74) is 0. The molecule has 1 aliphatic rings. The zero-order valence-electron chi connectivity index (χ0n) is 11.1. The van der Waals surface area contributed by atoms with Gasteiger partial charge in [0.2, 0.25) is 10.0 Å². The van der Waals surface area contributed by atoms with Crippen molar-refractivity contribution in [1.29, 1.82) is 0 Å². The second kappa shape index (κ2) is 4.99. The molecule has 2 heterocycles. The molecule has 1 aliphatic carbocycles. The third-order valence-corrected chi connectivity index (χ3v) is 4.88. The number of rotatable bonds is 5. The summed E-state index contributed by atoms with van der Waals surface area (Å²) in [5, 5.41) is 0. The van der Waals surface area contributed by atoms with Gasteiger partial charge in [0.05, 0.1) is 6.04 Å². The minimum atomic E-state index is -3.57. The van der Waals surface area contributed by atoms with Crippen molar-refractivity contribution in [2.24, 2.45) is 13.0 Å². The molecule has 1 fully saturated rings. The van der Waals surface area contributed by atoms with E-state index < -0.39 is 10.0 Å². The zero-order chi connectivity index (χ0) is 14.2. The molecule has 1 saturated carbocycles. The van der Waals surface area contributed by atoms with Crippen LogP contribution in [0.5, 0.6) is 0 Å². The maximum Gasteiger partial charge on any atom is 0.242 e. The molecule has 1 atom stereocenters. The molecular weight excluding hydrogens is 276 g/mol. The lowest BCUT2D eigenvalue weighted by Crippen LogP contribution is -2.31. The number of aryl methyl sites for hydroxylation is 1. The highest BCUT2D eigenvalue weighted by atomic mass is 32.2. The molecule has 0 bridgehead atoms. The van der Waals surface area contributed by atoms with Crippen LogP contribution in [-0.4, -0.2) is 23.0 Å². The summed E-state index contributed by atoms with van der Waals surface area (Å²) in [6.07, 6.45) is 8.45. The third kappa shape index (κ3) is 2.59. The summed E-state index contributed by atoms with van der Waals surface area (Å²) in [4.78, 5) is 8.32. The van der Waals surface area contributed by atoms with E-state index in [2.05, 4.69) is 14.7 Å². The number of aromatic nitrogens is 3. The van der Waals surface area contributed by atoms with Gasteiger partial charge in [0.25, 0.3) is 0 Å². The number of sulfonamides is 1. The molecule has 2 aromatic rings. The molecule has 0 amide bonds. The van der Waals surface area contributed by atoms with Gasteiger partial charge in [0.15, 0.2) is 0 Å². The Morgan fingerprint density at radius 2 is 2.20 bits per heavy atom. The SMILES string of the molecule is Cn1ccnc1[C@@H](NS(=O)(=O)c1cccnc1)C1CC1. The van der Waals surface area contributed by atoms with Gasteiger partial charge in [0.1, 0.15) is 10.7 Å². The van der Waals surface area contributed by atoms with E-state index in [1.807, 2.05) is 17.8 Å². The molecule has 0 saturated heterocycles. The fraction of sp³-hybridized carbons (Fsp3) is 0.385. The Bertz CT molecular complexity index is 692. The molecule has 1 N–H and O–H groups in total. The Balaban J connectivity index is 1.90. The van der Waals surface area contributed by atoms with Crippen molar-refractivity contribution in [3.8, 4) is 0 Å². The first kappa shape index (κ1) is 13.3. The largest absolute Gasteiger partial charge is 0.337 e. The summed E-state index contributed by atoms with van der Waals surface area (Å²) >= 11 is 0. The van der Waals surface area contributed by atoms with Gasteiger partial charge in [-0.15, -0.1) is 0 Å². The van der Waals surface area contributed by atoms with Crippen LogP contribution in [0.1, 0.15) is 24.7 Å². The highest BCUT2D eigenvalue weighted by Crippen LogP contribution is 2.41. The average molecular weight is 292 g/mol. The van der Waals surface area contributed by atoms with Gasteiger partial charge >= 0.3 is 0 Å². The Kier molecular flexibility index (Phi) is 3.31. The quantitative estimate of drug-likeness (QED) is 0.899. The Hall–Kier alpha value is -1.73. The standard InChI is InChI=1S/C13H16N4O2S/c1-17-8-7-15-13(17)12(10-4-5-10)16-20(18,19)11-3-2-6-14-9-11/h2-3,6-10,12,16H,4-5H2,1H3/t12-/m0/s1. The molecule has 106 valence electrons. The van der Waals surface area contributed by atoms with Crippen molar-refractivity contribution < 1.29 is 8.42 Å². The van der Waals surface area contributed by atoms with Crippen molar-refractivity contribution in [2.75, 3.05) is 0 Å². The van der Waals surface area contributed by atoms with Crippen LogP contribution in [-0.2, 0) is 17.1 Å². The van der Waals surface area contributed by atoms with Crippen LogP contribution < -0.4 is 4.72 Å². The van der Waals surface area contributed by atoms with Crippen molar-refractivity contribution in [1.82, 2.24) is 19.3 Å². The smallest absolute Gasteiger partial charge is 0.242 e. The Labute approximate surface area is 117 Å². The van der Waals surface area contributed by atoms with Crippen LogP contribution >= 0.6 is 0 Å². The molecule has 0 spiro atoms. The van der Waals surface area contributed by atoms with Gasteiger partial charge in [-0.2, -0.15) is 0 Å². The Morgan fingerprint density at radius 3 is 2.75 bits per heavy atom. The summed E-state index contributed by atoms with van der Waals surface area (Å²) in [6.45, 7) is 0. The summed E-state index contributed by atoms with van der Waals surface area (Å²) < 4.78 is 29.4. The van der Waals surface area contributed by atoms with E-state index >= 15 is 0 Å². The topological polar surface area (TPSA) is 76.9 Å². The maximum atomic E-state index is 12.4. The first-order chi connectivity index (χ1) is 9.58. The van der Waals surface area contributed by atoms with Crippen molar-refractivity contribution in [3.05, 3.63) is 42.7 Å². The van der Waals surface area contributed by atoms with Crippen LogP contribution in [0.15, 0.2) is 41.8 Å². The lowest BCUT2D eigenvalue weighted by molar-refractivity contribution is 0.500. The average Bonchev–Trinajstić information content (AvgIpc) is 3.20. The molecular formula is C13H16N4O2S. The second-order valence-electron chi connectivity index (χ2n) is 5.02. The molecule has 2 aromatic heterocycles. The highest BCUT2D eigenvalue weighted by Gasteiger charge is 2.37. The third-order valence-electron chi connectivity index (χ3n) is 3.46. The van der Waals surface area contributed by atoms with Gasteiger partial charge in [-0.1, -0.05) is 0 Å². The monoisotopic (exact) mass is 292 g/mol. The van der Waals surface area contributed by atoms with Crippen LogP contribution in [0.25, 0.3) is 0 Å². The number of hydrogen-bond donors (Lipinski definition) is 1. The van der Waals surface area contributed by atoms with Crippen LogP contribution in [0.2, 0.25) is 0 Å². The van der Waals surface area contributed by atoms with Gasteiger partial charge < -0.3 is 4.57 Å². The van der Waals surface area contributed by atoms with Crippen molar-refractivity contribution in [2.45, 2.75) is 23.8 Å². The summed E-state index contributed by atoms with van der Waals surface area (Å²) in [6, 6.07) is 2.87. The van der Waals surface area contributed by atoms with Gasteiger partial charge in [-0.25, -0.2) is 18.1 Å². The molecule has 7 heteroatoms. The molecule has 6 nitrogen and oxygen atoms in total. The van der Waals surface area contributed by atoms with E-state index in [-0.39, 0.29) is 10.9 Å². The number of nitrogens with zero attached hydrogens (tertiary/aromatic N) is 3. The fourth-order valence-corrected chi connectivity index (χ4v) is 3.43. The van der Waals surface area contributed by atoms with Crippen molar-refractivity contribution in [3.63, 3.8) is 0 Å². The van der Waals surface area contributed by atoms with Crippen LogP contribution in [0, 0.1) is 5.92 Å². The van der Waals surface area contributed by atoms with E-state index in [0.29, 0.717) is 5.92 Å². The first-order valence-electron chi connectivity index (χ1n) is 6.47. The summed E-state index contributed by atoms with van der Waals surface area (Å²) in [5.74, 6) is 1.07. The number of hydrogen-bond acceptors (Lipinski definition) is 4. The van der Waals surface area contributed by atoms with E-state index in [1.54, 1.807) is 18.5 Å². The molecule has 20 heavy (non-hydrogen) atoms. The fourth-order valence-electron chi connectivity index (χ4n) is 2.21. The van der Waals surface area contributed by atoms with Crippen LogP contribution in [0.4, 0.5) is 0 Å². The van der Waals surface area contributed by atoms with E-state index in [9.17, 15) is 8.42 Å². The molecule has 0 aliphatic heterocycles. The van der Waals surface area contributed by atoms with Gasteiger partial charge in [-0.05, 0) is 30.9 Å². The normalized spacial score (nSPS) is 17.1.